The molecule has 4 heteroatoms. The summed E-state index contributed by atoms with van der Waals surface area (Å²) in [6.07, 6.45) is 13.8. The van der Waals surface area contributed by atoms with Crippen molar-refractivity contribution < 1.29 is 0 Å². The maximum absolute atomic E-state index is 4.43. The second-order valence-corrected chi connectivity index (χ2v) is 14.5. The van der Waals surface area contributed by atoms with Crippen LogP contribution in [0.4, 0.5) is 0 Å². The molecule has 0 amide bonds. The lowest BCUT2D eigenvalue weighted by molar-refractivity contribution is 0.791. The van der Waals surface area contributed by atoms with Gasteiger partial charge in [0.15, 0.2) is 0 Å². The first-order valence-electron chi connectivity index (χ1n) is 8.35. The fourth-order valence-corrected chi connectivity index (χ4v) is 2.17. The SMILES string of the molecule is C/C(=C/CC/C(C)=C/c1csc(C)n1)CBr.CC(C)(C)S(C)(C)C. The molecule has 1 aromatic rings. The van der Waals surface area contributed by atoms with Gasteiger partial charge in [-0.05, 0) is 63.2 Å². The number of nitrogens with zero attached hydrogens (tertiary/aromatic N) is 1. The number of halogens is 1. The number of alkyl halides is 1. The van der Waals surface area contributed by atoms with Gasteiger partial charge in [0.05, 0.1) is 10.7 Å². The van der Waals surface area contributed by atoms with Crippen molar-refractivity contribution >= 4 is 43.4 Å². The van der Waals surface area contributed by atoms with Crippen molar-refractivity contribution in [3.63, 3.8) is 0 Å². The molecule has 0 unspecified atom stereocenters. The third kappa shape index (κ3) is 10.7. The van der Waals surface area contributed by atoms with E-state index in [4.69, 9.17) is 0 Å². The molecule has 0 aliphatic carbocycles. The van der Waals surface area contributed by atoms with Gasteiger partial charge >= 0.3 is 0 Å². The molecule has 0 aliphatic heterocycles. The quantitative estimate of drug-likeness (QED) is 0.346. The van der Waals surface area contributed by atoms with Crippen LogP contribution in [0.1, 0.15) is 58.2 Å². The third-order valence-electron chi connectivity index (χ3n) is 4.11. The maximum Gasteiger partial charge on any atom is 0.0901 e. The number of thiazole rings is 1. The number of aryl methyl sites for hydroxylation is 1. The first-order valence-corrected chi connectivity index (χ1v) is 13.2. The van der Waals surface area contributed by atoms with Crippen LogP contribution in [0.3, 0.4) is 0 Å². The Balaban J connectivity index is 0.000000561. The van der Waals surface area contributed by atoms with Crippen molar-refractivity contribution in [2.24, 2.45) is 0 Å². The van der Waals surface area contributed by atoms with E-state index in [0.29, 0.717) is 4.75 Å². The molecule has 140 valence electrons. The Morgan fingerprint density at radius 2 is 1.75 bits per heavy atom. The van der Waals surface area contributed by atoms with Gasteiger partial charge in [0, 0.05) is 10.7 Å². The lowest BCUT2D eigenvalue weighted by Gasteiger charge is -2.40. The van der Waals surface area contributed by atoms with Crippen molar-refractivity contribution in [2.45, 2.75) is 59.1 Å². The molecule has 0 aromatic carbocycles. The van der Waals surface area contributed by atoms with E-state index in [1.165, 1.54) is 11.1 Å². The van der Waals surface area contributed by atoms with Crippen molar-refractivity contribution in [1.29, 1.82) is 0 Å². The Morgan fingerprint density at radius 1 is 1.21 bits per heavy atom. The van der Waals surface area contributed by atoms with Gasteiger partial charge < -0.3 is 0 Å². The van der Waals surface area contributed by atoms with Gasteiger partial charge in [-0.2, -0.15) is 0 Å². The fraction of sp³-hybridized carbons (Fsp3) is 0.650. The van der Waals surface area contributed by atoms with Gasteiger partial charge in [-0.1, -0.05) is 53.9 Å². The molecule has 1 heterocycles. The van der Waals surface area contributed by atoms with Gasteiger partial charge in [0.2, 0.25) is 0 Å². The maximum atomic E-state index is 4.43. The minimum absolute atomic E-state index is 0.340. The number of allylic oxidation sites excluding steroid dienone is 3. The Bertz CT molecular complexity index is 531. The fourth-order valence-electron chi connectivity index (χ4n) is 1.37. The standard InChI is InChI=1S/C13H18BrNS.C7H18S/c1-10(5-4-6-11(2)8-14)7-13-9-16-12(3)15-13;1-7(2,3)8(4,5)6/h6-7,9H,4-5,8H2,1-3H3;1-6H3/b10-7+,11-6-;. The number of hydrogen-bond acceptors (Lipinski definition) is 2. The molecule has 0 N–H and O–H groups in total. The van der Waals surface area contributed by atoms with Crippen LogP contribution >= 0.6 is 37.3 Å². The normalized spacial score (nSPS) is 14.2. The lowest BCUT2D eigenvalue weighted by Crippen LogP contribution is -2.21. The monoisotopic (exact) mass is 433 g/mol. The average Bonchev–Trinajstić information content (AvgIpc) is 2.82. The summed E-state index contributed by atoms with van der Waals surface area (Å²) in [5, 5.41) is 4.22. The zero-order valence-electron chi connectivity index (χ0n) is 17.0. The first-order chi connectivity index (χ1) is 10.9. The molecular weight excluding hydrogens is 398 g/mol. The lowest BCUT2D eigenvalue weighted by atomic mass is 10.1. The van der Waals surface area contributed by atoms with E-state index in [9.17, 15) is 0 Å². The van der Waals surface area contributed by atoms with Crippen LogP contribution in [0.15, 0.2) is 22.6 Å². The predicted octanol–water partition coefficient (Wildman–Crippen LogP) is 7.46. The Hall–Kier alpha value is -0.0600. The molecule has 0 saturated carbocycles. The highest BCUT2D eigenvalue weighted by molar-refractivity contribution is 9.09. The van der Waals surface area contributed by atoms with Gasteiger partial charge in [-0.25, -0.2) is 15.0 Å². The van der Waals surface area contributed by atoms with Crippen LogP contribution in [-0.2, 0) is 0 Å². The Morgan fingerprint density at radius 3 is 2.12 bits per heavy atom. The van der Waals surface area contributed by atoms with Crippen molar-refractivity contribution in [2.75, 3.05) is 24.1 Å². The molecule has 1 aromatic heterocycles. The summed E-state index contributed by atoms with van der Waals surface area (Å²) >= 11 is 5.15. The van der Waals surface area contributed by atoms with E-state index < -0.39 is 0 Å². The van der Waals surface area contributed by atoms with Gasteiger partial charge in [0.1, 0.15) is 0 Å². The predicted molar refractivity (Wildman–Crippen MR) is 122 cm³/mol. The summed E-state index contributed by atoms with van der Waals surface area (Å²) in [6, 6.07) is 0. The van der Waals surface area contributed by atoms with Gasteiger partial charge in [-0.15, -0.1) is 11.3 Å². The molecule has 0 fully saturated rings. The van der Waals surface area contributed by atoms with E-state index in [2.05, 4.69) is 91.8 Å². The van der Waals surface area contributed by atoms with Crippen LogP contribution in [0, 0.1) is 6.92 Å². The summed E-state index contributed by atoms with van der Waals surface area (Å²) in [5.74, 6) is 0. The van der Waals surface area contributed by atoms with E-state index in [0.717, 1.165) is 28.9 Å². The number of rotatable bonds is 5. The largest absolute Gasteiger partial charge is 0.245 e. The van der Waals surface area contributed by atoms with E-state index in [-0.39, 0.29) is 10.0 Å². The number of hydrogen-bond donors (Lipinski definition) is 0. The van der Waals surface area contributed by atoms with Crippen LogP contribution in [-0.4, -0.2) is 33.8 Å². The van der Waals surface area contributed by atoms with Crippen LogP contribution in [0.5, 0.6) is 0 Å². The van der Waals surface area contributed by atoms with Crippen molar-refractivity contribution in [1.82, 2.24) is 4.98 Å². The molecule has 1 nitrogen and oxygen atoms in total. The Kier molecular flexibility index (Phi) is 10.8. The third-order valence-corrected chi connectivity index (χ3v) is 9.46. The second-order valence-electron chi connectivity index (χ2n) is 7.95. The molecule has 0 radical (unpaired) electrons. The highest BCUT2D eigenvalue weighted by Gasteiger charge is 2.21. The zero-order chi connectivity index (χ0) is 19.0. The van der Waals surface area contributed by atoms with E-state index in [1.54, 1.807) is 11.3 Å². The Labute approximate surface area is 164 Å². The van der Waals surface area contributed by atoms with Crippen molar-refractivity contribution in [3.8, 4) is 0 Å². The average molecular weight is 435 g/mol. The summed E-state index contributed by atoms with van der Waals surface area (Å²) in [7, 11) is -0.340. The molecule has 0 aliphatic rings. The van der Waals surface area contributed by atoms with Gasteiger partial charge in [-0.3, -0.25) is 0 Å². The van der Waals surface area contributed by atoms with E-state index in [1.807, 2.05) is 6.92 Å². The van der Waals surface area contributed by atoms with Crippen molar-refractivity contribution in [3.05, 3.63) is 33.3 Å². The summed E-state index contributed by atoms with van der Waals surface area (Å²) in [4.78, 5) is 4.43. The molecule has 0 spiro atoms. The molecule has 0 atom stereocenters. The zero-order valence-corrected chi connectivity index (χ0v) is 20.2. The van der Waals surface area contributed by atoms with Crippen LogP contribution < -0.4 is 0 Å². The molecule has 0 bridgehead atoms. The highest BCUT2D eigenvalue weighted by atomic mass is 79.9. The minimum Gasteiger partial charge on any atom is -0.245 e. The van der Waals surface area contributed by atoms with E-state index >= 15 is 0 Å². The molecule has 0 saturated heterocycles. The molecule has 1 rings (SSSR count). The highest BCUT2D eigenvalue weighted by Crippen LogP contribution is 2.48. The first kappa shape index (κ1) is 23.9. The second kappa shape index (κ2) is 10.8. The van der Waals surface area contributed by atoms with Crippen LogP contribution in [0.2, 0.25) is 0 Å². The topological polar surface area (TPSA) is 12.9 Å². The molecule has 24 heavy (non-hydrogen) atoms. The van der Waals surface area contributed by atoms with Crippen LogP contribution in [0.25, 0.3) is 6.08 Å². The smallest absolute Gasteiger partial charge is 0.0901 e. The number of aromatic nitrogens is 1. The van der Waals surface area contributed by atoms with Gasteiger partial charge in [0.25, 0.3) is 0 Å². The molecular formula is C20H36BrNS2. The summed E-state index contributed by atoms with van der Waals surface area (Å²) in [5.41, 5.74) is 3.89. The summed E-state index contributed by atoms with van der Waals surface area (Å²) < 4.78 is 0.521. The summed E-state index contributed by atoms with van der Waals surface area (Å²) in [6.45, 7) is 13.3. The minimum atomic E-state index is -0.340.